The van der Waals surface area contributed by atoms with E-state index in [9.17, 15) is 0 Å². The van der Waals surface area contributed by atoms with Gasteiger partial charge in [-0.1, -0.05) is 13.3 Å². The Hall–Kier alpha value is -1.07. The molecule has 0 aliphatic heterocycles. The van der Waals surface area contributed by atoms with Crippen LogP contribution >= 0.6 is 0 Å². The van der Waals surface area contributed by atoms with E-state index in [0.717, 1.165) is 25.5 Å². The van der Waals surface area contributed by atoms with Crippen molar-refractivity contribution >= 4 is 5.95 Å². The van der Waals surface area contributed by atoms with Crippen LogP contribution in [0.4, 0.5) is 5.95 Å². The van der Waals surface area contributed by atoms with Crippen molar-refractivity contribution in [3.8, 4) is 0 Å². The van der Waals surface area contributed by atoms with Crippen molar-refractivity contribution in [1.29, 1.82) is 0 Å². The third-order valence-corrected chi connectivity index (χ3v) is 3.43. The van der Waals surface area contributed by atoms with Crippen molar-refractivity contribution in [2.75, 3.05) is 32.1 Å². The van der Waals surface area contributed by atoms with Gasteiger partial charge in [-0.25, -0.2) is 4.98 Å². The molecule has 1 rings (SSSR count). The smallest absolute Gasteiger partial charge is 0.204 e. The lowest BCUT2D eigenvalue weighted by atomic mass is 10.0. The first-order valence-corrected chi connectivity index (χ1v) is 7.09. The van der Waals surface area contributed by atoms with E-state index in [-0.39, 0.29) is 6.61 Å². The fraction of sp³-hybridized carbons (Fsp3) is 0.786. The average Bonchev–Trinajstić information content (AvgIpc) is 2.72. The van der Waals surface area contributed by atoms with Crippen molar-refractivity contribution in [1.82, 2.24) is 14.9 Å². The lowest BCUT2D eigenvalue weighted by molar-refractivity contribution is 0.248. The summed E-state index contributed by atoms with van der Waals surface area (Å²) in [5.41, 5.74) is 1.18. The van der Waals surface area contributed by atoms with E-state index in [4.69, 9.17) is 5.11 Å². The molecule has 1 heterocycles. The summed E-state index contributed by atoms with van der Waals surface area (Å²) in [5.74, 6) is 1.54. The van der Waals surface area contributed by atoms with Gasteiger partial charge in [-0.2, -0.15) is 0 Å². The van der Waals surface area contributed by atoms with Gasteiger partial charge < -0.3 is 19.9 Å². The number of hydrogen-bond donors (Lipinski definition) is 2. The van der Waals surface area contributed by atoms with Crippen molar-refractivity contribution < 1.29 is 5.11 Å². The van der Waals surface area contributed by atoms with E-state index in [1.165, 1.54) is 18.5 Å². The first-order valence-electron chi connectivity index (χ1n) is 7.09. The molecule has 0 fully saturated rings. The Labute approximate surface area is 116 Å². The lowest BCUT2D eigenvalue weighted by Crippen LogP contribution is -2.24. The molecule has 0 amide bonds. The summed E-state index contributed by atoms with van der Waals surface area (Å²) in [7, 11) is 6.03. The van der Waals surface area contributed by atoms with E-state index >= 15 is 0 Å². The van der Waals surface area contributed by atoms with Crippen LogP contribution in [0.3, 0.4) is 0 Å². The van der Waals surface area contributed by atoms with Gasteiger partial charge in [0.05, 0.1) is 11.9 Å². The number of aliphatic hydroxyl groups excluding tert-OH is 1. The van der Waals surface area contributed by atoms with Crippen LogP contribution in [0.25, 0.3) is 0 Å². The molecule has 0 saturated carbocycles. The molecule has 0 aliphatic rings. The van der Waals surface area contributed by atoms with Crippen LogP contribution in [0.2, 0.25) is 0 Å². The summed E-state index contributed by atoms with van der Waals surface area (Å²) in [6.07, 6.45) is 5.14. The summed E-state index contributed by atoms with van der Waals surface area (Å²) in [4.78, 5) is 6.40. The first kappa shape index (κ1) is 16.0. The topological polar surface area (TPSA) is 53.3 Å². The third-order valence-electron chi connectivity index (χ3n) is 3.43. The number of imidazole rings is 1. The van der Waals surface area contributed by atoms with Crippen LogP contribution in [-0.4, -0.2) is 41.9 Å². The lowest BCUT2D eigenvalue weighted by Gasteiger charge is -2.16. The number of nitrogens with one attached hydrogen (secondary N) is 1. The highest BCUT2D eigenvalue weighted by Gasteiger charge is 2.10. The van der Waals surface area contributed by atoms with Crippen molar-refractivity contribution in [2.24, 2.45) is 13.0 Å². The van der Waals surface area contributed by atoms with Gasteiger partial charge >= 0.3 is 0 Å². The Morgan fingerprint density at radius 3 is 2.68 bits per heavy atom. The molecule has 5 nitrogen and oxygen atoms in total. The van der Waals surface area contributed by atoms with Crippen LogP contribution in [0.5, 0.6) is 0 Å². The molecule has 19 heavy (non-hydrogen) atoms. The Morgan fingerprint density at radius 1 is 1.42 bits per heavy atom. The molecule has 1 unspecified atom stereocenters. The highest BCUT2D eigenvalue weighted by molar-refractivity contribution is 5.30. The zero-order valence-corrected chi connectivity index (χ0v) is 12.7. The maximum atomic E-state index is 9.04. The maximum absolute atomic E-state index is 9.04. The van der Waals surface area contributed by atoms with Gasteiger partial charge in [0.2, 0.25) is 5.95 Å². The molecule has 0 radical (unpaired) electrons. The van der Waals surface area contributed by atoms with Crippen molar-refractivity contribution in [3.05, 3.63) is 11.9 Å². The second-order valence-corrected chi connectivity index (χ2v) is 5.30. The Balaban J connectivity index is 2.43. The van der Waals surface area contributed by atoms with E-state index in [0.29, 0.717) is 5.92 Å². The quantitative estimate of drug-likeness (QED) is 0.710. The Kier molecular flexibility index (Phi) is 6.87. The predicted octanol–water partition coefficient (Wildman–Crippen LogP) is 1.37. The number of aromatic nitrogens is 2. The number of nitrogens with zero attached hydrogens (tertiary/aromatic N) is 3. The normalized spacial score (nSPS) is 12.7. The van der Waals surface area contributed by atoms with E-state index in [1.54, 1.807) is 0 Å². The SMILES string of the molecule is CCCC(CCO)CNCc1cnc(N(C)C)n1C. The first-order chi connectivity index (χ1) is 9.10. The van der Waals surface area contributed by atoms with Gasteiger partial charge in [0.15, 0.2) is 0 Å². The minimum atomic E-state index is 0.281. The fourth-order valence-corrected chi connectivity index (χ4v) is 2.36. The maximum Gasteiger partial charge on any atom is 0.204 e. The molecule has 0 bridgehead atoms. The number of rotatable bonds is 9. The molecular formula is C14H28N4O. The van der Waals surface area contributed by atoms with E-state index < -0.39 is 0 Å². The molecular weight excluding hydrogens is 240 g/mol. The highest BCUT2D eigenvalue weighted by Crippen LogP contribution is 2.12. The summed E-state index contributed by atoms with van der Waals surface area (Å²) >= 11 is 0. The average molecular weight is 268 g/mol. The monoisotopic (exact) mass is 268 g/mol. The van der Waals surface area contributed by atoms with E-state index in [1.807, 2.05) is 32.2 Å². The molecule has 110 valence electrons. The van der Waals surface area contributed by atoms with Gasteiger partial charge in [0.25, 0.3) is 0 Å². The summed E-state index contributed by atoms with van der Waals surface area (Å²) in [6, 6.07) is 0. The molecule has 0 saturated heterocycles. The van der Waals surface area contributed by atoms with Gasteiger partial charge in [0.1, 0.15) is 0 Å². The van der Waals surface area contributed by atoms with Crippen molar-refractivity contribution in [2.45, 2.75) is 32.7 Å². The molecule has 0 aromatic carbocycles. The molecule has 1 aromatic heterocycles. The molecule has 0 spiro atoms. The largest absolute Gasteiger partial charge is 0.396 e. The number of anilines is 1. The zero-order chi connectivity index (χ0) is 14.3. The van der Waals surface area contributed by atoms with Gasteiger partial charge in [-0.05, 0) is 25.3 Å². The molecule has 1 atom stereocenters. The van der Waals surface area contributed by atoms with Crippen LogP contribution in [-0.2, 0) is 13.6 Å². The van der Waals surface area contributed by atoms with Crippen LogP contribution in [0, 0.1) is 5.92 Å². The minimum Gasteiger partial charge on any atom is -0.396 e. The van der Waals surface area contributed by atoms with Gasteiger partial charge in [0, 0.05) is 34.3 Å². The molecule has 1 aromatic rings. The van der Waals surface area contributed by atoms with Crippen LogP contribution in [0.15, 0.2) is 6.20 Å². The number of hydrogen-bond acceptors (Lipinski definition) is 4. The summed E-state index contributed by atoms with van der Waals surface area (Å²) in [5, 5.41) is 12.5. The summed E-state index contributed by atoms with van der Waals surface area (Å²) < 4.78 is 2.11. The second kappa shape index (κ2) is 8.17. The van der Waals surface area contributed by atoms with Crippen LogP contribution < -0.4 is 10.2 Å². The Bertz CT molecular complexity index is 356. The fourth-order valence-electron chi connectivity index (χ4n) is 2.36. The molecule has 5 heteroatoms. The predicted molar refractivity (Wildman–Crippen MR) is 79.3 cm³/mol. The number of aliphatic hydroxyl groups is 1. The summed E-state index contributed by atoms with van der Waals surface area (Å²) in [6.45, 7) is 4.25. The van der Waals surface area contributed by atoms with Gasteiger partial charge in [-0.3, -0.25) is 0 Å². The highest BCUT2D eigenvalue weighted by atomic mass is 16.3. The third kappa shape index (κ3) is 4.84. The molecule has 2 N–H and O–H groups in total. The molecule has 0 aliphatic carbocycles. The van der Waals surface area contributed by atoms with Gasteiger partial charge in [-0.15, -0.1) is 0 Å². The minimum absolute atomic E-state index is 0.281. The zero-order valence-electron chi connectivity index (χ0n) is 12.7. The van der Waals surface area contributed by atoms with E-state index in [2.05, 4.69) is 21.8 Å². The van der Waals surface area contributed by atoms with Crippen LogP contribution in [0.1, 0.15) is 31.9 Å². The Morgan fingerprint density at radius 2 is 2.16 bits per heavy atom. The second-order valence-electron chi connectivity index (χ2n) is 5.30. The van der Waals surface area contributed by atoms with Crippen molar-refractivity contribution in [3.63, 3.8) is 0 Å². The standard InChI is InChI=1S/C14H28N4O/c1-5-6-12(7-8-19)9-15-10-13-11-16-14(17(2)3)18(13)4/h11-12,15,19H,5-10H2,1-4H3.